The van der Waals surface area contributed by atoms with Gasteiger partial charge in [0.2, 0.25) is 27.7 Å². The lowest BCUT2D eigenvalue weighted by Gasteiger charge is -2.28. The van der Waals surface area contributed by atoms with Gasteiger partial charge in [0.05, 0.1) is 10.8 Å². The second kappa shape index (κ2) is 13.6. The van der Waals surface area contributed by atoms with E-state index in [4.69, 9.17) is 0 Å². The van der Waals surface area contributed by atoms with Crippen LogP contribution in [0.3, 0.4) is 0 Å². The number of rotatable bonds is 6. The second-order valence-electron chi connectivity index (χ2n) is 9.35. The average molecular weight is 511 g/mol. The molecule has 0 saturated carbocycles. The van der Waals surface area contributed by atoms with E-state index in [9.17, 15) is 28.0 Å². The molecular formula is C24H38N4O6S. The minimum atomic E-state index is -3.76. The van der Waals surface area contributed by atoms with E-state index in [1.807, 2.05) is 13.8 Å². The van der Waals surface area contributed by atoms with Gasteiger partial charge in [0.25, 0.3) is 0 Å². The molecule has 1 fully saturated rings. The van der Waals surface area contributed by atoms with Crippen LogP contribution in [0.25, 0.3) is 0 Å². The number of amides is 3. The molecule has 2 rings (SSSR count). The van der Waals surface area contributed by atoms with Gasteiger partial charge in [-0.25, -0.2) is 13.9 Å². The summed E-state index contributed by atoms with van der Waals surface area (Å²) >= 11 is 0. The largest absolute Gasteiger partial charge is 0.357 e. The third-order valence-electron chi connectivity index (χ3n) is 6.33. The second-order valence-corrected chi connectivity index (χ2v) is 11.3. The van der Waals surface area contributed by atoms with Gasteiger partial charge in [0.1, 0.15) is 6.04 Å². The Bertz CT molecular complexity index is 954. The Kier molecular flexibility index (Phi) is 11.1. The molecular weight excluding hydrogens is 472 g/mol. The lowest BCUT2D eigenvalue weighted by Crippen LogP contribution is -2.50. The summed E-state index contributed by atoms with van der Waals surface area (Å²) in [6, 6.07) is 7.35. The van der Waals surface area contributed by atoms with Crippen LogP contribution in [-0.2, 0) is 24.4 Å². The summed E-state index contributed by atoms with van der Waals surface area (Å²) in [5.74, 6) is -3.06. The van der Waals surface area contributed by atoms with Crippen molar-refractivity contribution in [1.29, 1.82) is 0 Å². The first-order chi connectivity index (χ1) is 16.6. The highest BCUT2D eigenvalue weighted by molar-refractivity contribution is 7.89. The van der Waals surface area contributed by atoms with E-state index < -0.39 is 39.7 Å². The summed E-state index contributed by atoms with van der Waals surface area (Å²) in [4.78, 5) is 38.5. The molecule has 4 N–H and O–H groups in total. The van der Waals surface area contributed by atoms with Crippen molar-refractivity contribution >= 4 is 27.7 Å². The maximum absolute atomic E-state index is 13.3. The fraction of sp³-hybridized carbons (Fsp3) is 0.625. The molecule has 0 aliphatic carbocycles. The smallest absolute Gasteiger partial charge is 0.247 e. The Hall–Kier alpha value is -2.50. The molecule has 196 valence electrons. The minimum Gasteiger partial charge on any atom is -0.357 e. The molecule has 3 amide bonds. The van der Waals surface area contributed by atoms with E-state index in [1.54, 1.807) is 35.8 Å². The Morgan fingerprint density at radius 1 is 1.09 bits per heavy atom. The number of hydrogen-bond donors (Lipinski definition) is 4. The van der Waals surface area contributed by atoms with E-state index in [-0.39, 0.29) is 36.2 Å². The average Bonchev–Trinajstić information content (AvgIpc) is 2.85. The standard InChI is InChI=1S/C24H38N4O6S/c1-17(2)16-20-19(23(30)27-32)12-9-15-28(35(33,34)18-10-5-4-6-11-18)14-8-7-13-21(24(31)25-3)26-22(20)29/h4-6,10-11,17,19-21,32H,7-9,12-16H2,1-3H3,(H,25,31)(H,26,29)(H,27,30)/t19-,20?,21?/m0/s1. The summed E-state index contributed by atoms with van der Waals surface area (Å²) in [6.07, 6.45) is 2.25. The first-order valence-electron chi connectivity index (χ1n) is 12.1. The zero-order chi connectivity index (χ0) is 26.0. The van der Waals surface area contributed by atoms with Crippen LogP contribution < -0.4 is 16.1 Å². The molecule has 1 heterocycles. The van der Waals surface area contributed by atoms with Gasteiger partial charge in [-0.3, -0.25) is 19.6 Å². The van der Waals surface area contributed by atoms with E-state index in [2.05, 4.69) is 10.6 Å². The van der Waals surface area contributed by atoms with E-state index in [0.717, 1.165) is 0 Å². The van der Waals surface area contributed by atoms with Crippen LogP contribution in [0, 0.1) is 17.8 Å². The molecule has 0 radical (unpaired) electrons. The molecule has 0 bridgehead atoms. The molecule has 11 heteroatoms. The summed E-state index contributed by atoms with van der Waals surface area (Å²) in [6.45, 7) is 4.26. The number of nitrogens with one attached hydrogen (secondary N) is 3. The summed E-state index contributed by atoms with van der Waals surface area (Å²) in [7, 11) is -2.28. The first-order valence-corrected chi connectivity index (χ1v) is 13.6. The Labute approximate surface area is 207 Å². The van der Waals surface area contributed by atoms with Crippen LogP contribution in [0.5, 0.6) is 0 Å². The van der Waals surface area contributed by atoms with Crippen LogP contribution >= 0.6 is 0 Å². The highest BCUT2D eigenvalue weighted by Gasteiger charge is 2.36. The molecule has 1 aliphatic rings. The maximum atomic E-state index is 13.3. The molecule has 3 atom stereocenters. The fourth-order valence-corrected chi connectivity index (χ4v) is 6.04. The van der Waals surface area contributed by atoms with Gasteiger partial charge in [0.15, 0.2) is 0 Å². The molecule has 0 spiro atoms. The highest BCUT2D eigenvalue weighted by Crippen LogP contribution is 2.27. The number of sulfonamides is 1. The number of carbonyl (C=O) groups is 3. The van der Waals surface area contributed by atoms with Crippen molar-refractivity contribution in [3.8, 4) is 0 Å². The number of likely N-dealkylation sites (N-methyl/N-ethyl adjacent to an activating group) is 1. The molecule has 1 aromatic carbocycles. The molecule has 35 heavy (non-hydrogen) atoms. The molecule has 1 saturated heterocycles. The van der Waals surface area contributed by atoms with Gasteiger partial charge in [-0.2, -0.15) is 4.31 Å². The third kappa shape index (κ3) is 8.01. The predicted octanol–water partition coefficient (Wildman–Crippen LogP) is 1.66. The van der Waals surface area contributed by atoms with Crippen molar-refractivity contribution in [2.45, 2.75) is 63.3 Å². The molecule has 2 unspecified atom stereocenters. The van der Waals surface area contributed by atoms with Crippen molar-refractivity contribution in [2.75, 3.05) is 20.1 Å². The van der Waals surface area contributed by atoms with E-state index >= 15 is 0 Å². The van der Waals surface area contributed by atoms with Crippen molar-refractivity contribution in [2.24, 2.45) is 17.8 Å². The highest BCUT2D eigenvalue weighted by atomic mass is 32.2. The van der Waals surface area contributed by atoms with Gasteiger partial charge in [0, 0.05) is 26.1 Å². The Morgan fingerprint density at radius 2 is 1.74 bits per heavy atom. The molecule has 0 aromatic heterocycles. The van der Waals surface area contributed by atoms with Crippen molar-refractivity contribution in [3.63, 3.8) is 0 Å². The third-order valence-corrected chi connectivity index (χ3v) is 8.24. The number of carbonyl (C=O) groups excluding carboxylic acids is 3. The van der Waals surface area contributed by atoms with E-state index in [1.165, 1.54) is 11.4 Å². The summed E-state index contributed by atoms with van der Waals surface area (Å²) in [5, 5.41) is 14.7. The zero-order valence-corrected chi connectivity index (χ0v) is 21.5. The van der Waals surface area contributed by atoms with Crippen LogP contribution in [0.4, 0.5) is 0 Å². The maximum Gasteiger partial charge on any atom is 0.247 e. The van der Waals surface area contributed by atoms with Gasteiger partial charge in [-0.05, 0) is 56.6 Å². The zero-order valence-electron chi connectivity index (χ0n) is 20.7. The monoisotopic (exact) mass is 510 g/mol. The molecule has 10 nitrogen and oxygen atoms in total. The van der Waals surface area contributed by atoms with Gasteiger partial charge < -0.3 is 10.6 Å². The van der Waals surface area contributed by atoms with Gasteiger partial charge >= 0.3 is 0 Å². The van der Waals surface area contributed by atoms with E-state index in [0.29, 0.717) is 32.1 Å². The van der Waals surface area contributed by atoms with Crippen LogP contribution in [0.15, 0.2) is 35.2 Å². The normalized spacial score (nSPS) is 23.3. The quantitative estimate of drug-likeness (QED) is 0.338. The van der Waals surface area contributed by atoms with Gasteiger partial charge in [-0.1, -0.05) is 32.0 Å². The van der Waals surface area contributed by atoms with Crippen molar-refractivity contribution in [3.05, 3.63) is 30.3 Å². The number of benzene rings is 1. The molecule has 1 aliphatic heterocycles. The number of hydroxylamine groups is 1. The van der Waals surface area contributed by atoms with Crippen molar-refractivity contribution in [1.82, 2.24) is 20.4 Å². The first kappa shape index (κ1) is 28.7. The number of hydrogen-bond acceptors (Lipinski definition) is 6. The van der Waals surface area contributed by atoms with Crippen LogP contribution in [0.2, 0.25) is 0 Å². The Balaban J connectivity index is 2.40. The Morgan fingerprint density at radius 3 is 2.34 bits per heavy atom. The lowest BCUT2D eigenvalue weighted by molar-refractivity contribution is -0.142. The van der Waals surface area contributed by atoms with Crippen LogP contribution in [-0.4, -0.2) is 61.8 Å². The lowest BCUT2D eigenvalue weighted by atomic mass is 9.81. The topological polar surface area (TPSA) is 145 Å². The van der Waals surface area contributed by atoms with Gasteiger partial charge in [-0.15, -0.1) is 0 Å². The van der Waals surface area contributed by atoms with Crippen molar-refractivity contribution < 1.29 is 28.0 Å². The molecule has 1 aromatic rings. The SMILES string of the molecule is CNC(=O)C1CCCCN(S(=O)(=O)c2ccccc2)CCC[C@H](C(=O)NO)C(CC(C)C)C(=O)N1. The minimum absolute atomic E-state index is 0.0730. The number of nitrogens with zero attached hydrogens (tertiary/aromatic N) is 1. The summed E-state index contributed by atoms with van der Waals surface area (Å²) < 4.78 is 28.0. The fourth-order valence-electron chi connectivity index (χ4n) is 4.50. The van der Waals surface area contributed by atoms with Crippen LogP contribution in [0.1, 0.15) is 52.4 Å². The predicted molar refractivity (Wildman–Crippen MR) is 131 cm³/mol. The summed E-state index contributed by atoms with van der Waals surface area (Å²) in [5.41, 5.74) is 1.67.